The number of aromatic amines is 1. The van der Waals surface area contributed by atoms with Gasteiger partial charge in [0.25, 0.3) is 5.91 Å². The van der Waals surface area contributed by atoms with E-state index < -0.39 is 0 Å². The maximum Gasteiger partial charge on any atom is 0.255 e. The number of aromatic nitrogens is 2. The average Bonchev–Trinajstić information content (AvgIpc) is 3.03. The number of nitrogens with one attached hydrogen (secondary N) is 2. The molecule has 0 saturated carbocycles. The molecular weight excluding hydrogens is 278 g/mol. The number of carbonyl (C=O) groups is 1. The van der Waals surface area contributed by atoms with Crippen LogP contribution in [-0.4, -0.2) is 15.9 Å². The summed E-state index contributed by atoms with van der Waals surface area (Å²) in [6, 6.07) is 10.5. The molecule has 6 nitrogen and oxygen atoms in total. The van der Waals surface area contributed by atoms with Crippen molar-refractivity contribution in [2.45, 2.75) is 6.54 Å². The summed E-state index contributed by atoms with van der Waals surface area (Å²) >= 11 is 0. The zero-order valence-electron chi connectivity index (χ0n) is 11.6. The van der Waals surface area contributed by atoms with Crippen molar-refractivity contribution in [1.82, 2.24) is 9.97 Å². The molecule has 22 heavy (non-hydrogen) atoms. The van der Waals surface area contributed by atoms with E-state index in [4.69, 9.17) is 11.0 Å². The molecule has 2 aromatic heterocycles. The Kier molecular flexibility index (Phi) is 3.56. The number of anilines is 1. The van der Waals surface area contributed by atoms with Gasteiger partial charge in [-0.3, -0.25) is 4.79 Å². The maximum atomic E-state index is 12.4. The number of hydrogen-bond acceptors (Lipinski definition) is 4. The summed E-state index contributed by atoms with van der Waals surface area (Å²) < 4.78 is 0. The molecule has 0 saturated heterocycles. The Bertz CT molecular complexity index is 891. The number of pyridine rings is 1. The second kappa shape index (κ2) is 5.68. The molecule has 0 radical (unpaired) electrons. The molecule has 0 aliphatic carbocycles. The third-order valence-corrected chi connectivity index (χ3v) is 3.42. The molecule has 0 unspecified atom stereocenters. The second-order valence-electron chi connectivity index (χ2n) is 4.74. The summed E-state index contributed by atoms with van der Waals surface area (Å²) in [5.74, 6) is -0.284. The van der Waals surface area contributed by atoms with Crippen LogP contribution in [0.5, 0.6) is 0 Å². The summed E-state index contributed by atoms with van der Waals surface area (Å²) in [5.41, 5.74) is 8.47. The molecule has 0 atom stereocenters. The fraction of sp³-hybridized carbons (Fsp3) is 0.0625. The quantitative estimate of drug-likeness (QED) is 0.687. The Morgan fingerprint density at radius 3 is 3.00 bits per heavy atom. The van der Waals surface area contributed by atoms with Gasteiger partial charge in [0, 0.05) is 29.9 Å². The monoisotopic (exact) mass is 291 g/mol. The van der Waals surface area contributed by atoms with Gasteiger partial charge in [0.1, 0.15) is 5.65 Å². The van der Waals surface area contributed by atoms with Crippen LogP contribution in [0.2, 0.25) is 0 Å². The fourth-order valence-electron chi connectivity index (χ4n) is 2.26. The predicted molar refractivity (Wildman–Crippen MR) is 83.1 cm³/mol. The predicted octanol–water partition coefficient (Wildman–Crippen LogP) is 2.15. The second-order valence-corrected chi connectivity index (χ2v) is 4.74. The van der Waals surface area contributed by atoms with E-state index in [0.717, 1.165) is 10.9 Å². The van der Waals surface area contributed by atoms with Gasteiger partial charge in [-0.25, -0.2) is 4.98 Å². The molecule has 108 valence electrons. The van der Waals surface area contributed by atoms with E-state index in [1.807, 2.05) is 6.07 Å². The van der Waals surface area contributed by atoms with E-state index in [9.17, 15) is 4.79 Å². The van der Waals surface area contributed by atoms with Crippen LogP contribution in [-0.2, 0) is 6.54 Å². The van der Waals surface area contributed by atoms with E-state index in [-0.39, 0.29) is 12.5 Å². The van der Waals surface area contributed by atoms with Crippen molar-refractivity contribution < 1.29 is 4.79 Å². The Hall–Kier alpha value is -3.17. The number of rotatable bonds is 3. The summed E-state index contributed by atoms with van der Waals surface area (Å²) in [5, 5.41) is 12.8. The molecule has 6 heteroatoms. The molecule has 4 N–H and O–H groups in total. The van der Waals surface area contributed by atoms with Crippen molar-refractivity contribution in [3.63, 3.8) is 0 Å². The summed E-state index contributed by atoms with van der Waals surface area (Å²) in [6.07, 6.45) is 3.38. The van der Waals surface area contributed by atoms with Crippen LogP contribution in [0.4, 0.5) is 5.69 Å². The Balaban J connectivity index is 1.92. The third kappa shape index (κ3) is 2.41. The van der Waals surface area contributed by atoms with Gasteiger partial charge in [-0.05, 0) is 29.8 Å². The molecule has 0 aliphatic heterocycles. The SMILES string of the molecule is N#Cc1cc(C(=O)Nc2ccnc3[nH]ccc23)ccc1CN. The average molecular weight is 291 g/mol. The van der Waals surface area contributed by atoms with Crippen LogP contribution < -0.4 is 11.1 Å². The van der Waals surface area contributed by atoms with Crippen molar-refractivity contribution in [3.8, 4) is 6.07 Å². The van der Waals surface area contributed by atoms with Gasteiger partial charge in [-0.15, -0.1) is 0 Å². The standard InChI is InChI=1S/C16H13N5O/c17-8-11-2-1-10(7-12(11)9-18)16(22)21-14-4-6-20-15-13(14)3-5-19-15/h1-7H,8,17H2,(H2,19,20,21,22). The smallest absolute Gasteiger partial charge is 0.255 e. The van der Waals surface area contributed by atoms with E-state index in [1.165, 1.54) is 0 Å². The van der Waals surface area contributed by atoms with E-state index in [1.54, 1.807) is 36.7 Å². The van der Waals surface area contributed by atoms with Crippen molar-refractivity contribution in [1.29, 1.82) is 5.26 Å². The number of hydrogen-bond donors (Lipinski definition) is 3. The van der Waals surface area contributed by atoms with Crippen molar-refractivity contribution in [2.24, 2.45) is 5.73 Å². The molecule has 2 heterocycles. The largest absolute Gasteiger partial charge is 0.346 e. The van der Waals surface area contributed by atoms with Gasteiger partial charge in [-0.1, -0.05) is 6.07 Å². The lowest BCUT2D eigenvalue weighted by molar-refractivity contribution is 0.102. The minimum absolute atomic E-state index is 0.263. The number of nitriles is 1. The molecule has 1 aromatic carbocycles. The molecule has 3 aromatic rings. The van der Waals surface area contributed by atoms with E-state index in [0.29, 0.717) is 22.5 Å². The number of fused-ring (bicyclic) bond motifs is 1. The van der Waals surface area contributed by atoms with Gasteiger partial charge < -0.3 is 16.0 Å². The fourth-order valence-corrected chi connectivity index (χ4v) is 2.26. The highest BCUT2D eigenvalue weighted by Crippen LogP contribution is 2.21. The summed E-state index contributed by atoms with van der Waals surface area (Å²) in [4.78, 5) is 19.5. The van der Waals surface area contributed by atoms with Crippen molar-refractivity contribution >= 4 is 22.6 Å². The lowest BCUT2D eigenvalue weighted by Crippen LogP contribution is -2.13. The zero-order valence-corrected chi connectivity index (χ0v) is 11.6. The molecule has 0 spiro atoms. The van der Waals surface area contributed by atoms with Gasteiger partial charge in [0.15, 0.2) is 0 Å². The number of carbonyl (C=O) groups excluding carboxylic acids is 1. The van der Waals surface area contributed by atoms with Crippen LogP contribution >= 0.6 is 0 Å². The lowest BCUT2D eigenvalue weighted by Gasteiger charge is -2.08. The topological polar surface area (TPSA) is 108 Å². The molecule has 3 rings (SSSR count). The van der Waals surface area contributed by atoms with Crippen LogP contribution in [0.15, 0.2) is 42.7 Å². The van der Waals surface area contributed by atoms with E-state index >= 15 is 0 Å². The first-order valence-corrected chi connectivity index (χ1v) is 6.69. The molecule has 1 amide bonds. The minimum atomic E-state index is -0.284. The Morgan fingerprint density at radius 2 is 2.23 bits per heavy atom. The molecular formula is C16H13N5O. The lowest BCUT2D eigenvalue weighted by atomic mass is 10.0. The Morgan fingerprint density at radius 1 is 1.36 bits per heavy atom. The molecule has 0 bridgehead atoms. The van der Waals surface area contributed by atoms with Crippen molar-refractivity contribution in [3.05, 3.63) is 59.4 Å². The van der Waals surface area contributed by atoms with Gasteiger partial charge >= 0.3 is 0 Å². The summed E-state index contributed by atoms with van der Waals surface area (Å²) in [6.45, 7) is 0.263. The van der Waals surface area contributed by atoms with Crippen LogP contribution in [0, 0.1) is 11.3 Å². The number of nitrogens with two attached hydrogens (primary N) is 1. The number of benzene rings is 1. The third-order valence-electron chi connectivity index (χ3n) is 3.42. The number of amides is 1. The first-order valence-electron chi connectivity index (χ1n) is 6.69. The molecule has 0 fully saturated rings. The number of nitrogens with zero attached hydrogens (tertiary/aromatic N) is 2. The normalized spacial score (nSPS) is 10.4. The minimum Gasteiger partial charge on any atom is -0.346 e. The van der Waals surface area contributed by atoms with Crippen LogP contribution in [0.3, 0.4) is 0 Å². The first kappa shape index (κ1) is 13.8. The van der Waals surface area contributed by atoms with Crippen LogP contribution in [0.1, 0.15) is 21.5 Å². The summed E-state index contributed by atoms with van der Waals surface area (Å²) in [7, 11) is 0. The van der Waals surface area contributed by atoms with Gasteiger partial charge in [-0.2, -0.15) is 5.26 Å². The first-order chi connectivity index (χ1) is 10.7. The molecule has 0 aliphatic rings. The highest BCUT2D eigenvalue weighted by atomic mass is 16.1. The van der Waals surface area contributed by atoms with E-state index in [2.05, 4.69) is 21.4 Å². The van der Waals surface area contributed by atoms with Crippen LogP contribution in [0.25, 0.3) is 11.0 Å². The van der Waals surface area contributed by atoms with Crippen molar-refractivity contribution in [2.75, 3.05) is 5.32 Å². The maximum absolute atomic E-state index is 12.4. The zero-order chi connectivity index (χ0) is 15.5. The number of H-pyrrole nitrogens is 1. The highest BCUT2D eigenvalue weighted by Gasteiger charge is 2.11. The van der Waals surface area contributed by atoms with Gasteiger partial charge in [0.05, 0.1) is 17.3 Å². The highest BCUT2D eigenvalue weighted by molar-refractivity contribution is 6.08. The Labute approximate surface area is 126 Å². The van der Waals surface area contributed by atoms with Gasteiger partial charge in [0.2, 0.25) is 0 Å².